The molecule has 2 N–H and O–H groups in total. The van der Waals surface area contributed by atoms with Gasteiger partial charge in [0.1, 0.15) is 0 Å². The van der Waals surface area contributed by atoms with E-state index in [1.165, 1.54) is 24.3 Å². The summed E-state index contributed by atoms with van der Waals surface area (Å²) < 4.78 is 27.5. The van der Waals surface area contributed by atoms with Gasteiger partial charge in [0.05, 0.1) is 15.6 Å². The highest BCUT2D eigenvalue weighted by molar-refractivity contribution is 7.92. The van der Waals surface area contributed by atoms with Crippen molar-refractivity contribution < 1.29 is 13.2 Å². The average Bonchev–Trinajstić information content (AvgIpc) is 2.63. The van der Waals surface area contributed by atoms with E-state index in [-0.39, 0.29) is 29.3 Å². The summed E-state index contributed by atoms with van der Waals surface area (Å²) in [4.78, 5) is 14.5. The van der Waals surface area contributed by atoms with Crippen LogP contribution in [0, 0.1) is 0 Å². The molecule has 1 saturated heterocycles. The number of amides is 1. The maximum atomic E-state index is 12.6. The third kappa shape index (κ3) is 4.93. The third-order valence-corrected chi connectivity index (χ3v) is 6.00. The van der Waals surface area contributed by atoms with E-state index in [2.05, 4.69) is 10.0 Å². The fourth-order valence-electron chi connectivity index (χ4n) is 2.83. The summed E-state index contributed by atoms with van der Waals surface area (Å²) in [5, 5.41) is 3.55. The molecular weight excluding hydrogens is 409 g/mol. The van der Waals surface area contributed by atoms with Gasteiger partial charge in [0, 0.05) is 31.2 Å². The van der Waals surface area contributed by atoms with Crippen LogP contribution in [0.25, 0.3) is 0 Å². The van der Waals surface area contributed by atoms with Crippen molar-refractivity contribution in [3.05, 3.63) is 59.1 Å². The standard InChI is InChI=1S/C18H20ClN3O3S.ClH/c1-13-12-20-10-11-22(13)18(23)14-6-8-15(9-7-14)26(24,25)21-17-5-3-2-4-16(17)19;/h2-9,13,20-21H,10-12H2,1H3;1H. The van der Waals surface area contributed by atoms with E-state index in [1.54, 1.807) is 29.2 Å². The van der Waals surface area contributed by atoms with Crippen molar-refractivity contribution in [2.45, 2.75) is 17.9 Å². The predicted molar refractivity (Wildman–Crippen MR) is 109 cm³/mol. The molecule has 0 spiro atoms. The lowest BCUT2D eigenvalue weighted by atomic mass is 10.1. The molecule has 0 bridgehead atoms. The second-order valence-electron chi connectivity index (χ2n) is 6.16. The molecule has 1 aliphatic heterocycles. The van der Waals surface area contributed by atoms with Crippen LogP contribution >= 0.6 is 24.0 Å². The van der Waals surface area contributed by atoms with Crippen LogP contribution in [0.1, 0.15) is 17.3 Å². The number of carbonyl (C=O) groups is 1. The molecule has 27 heavy (non-hydrogen) atoms. The van der Waals surface area contributed by atoms with Crippen LogP contribution in [0.4, 0.5) is 5.69 Å². The summed E-state index contributed by atoms with van der Waals surface area (Å²) in [5.74, 6) is -0.0954. The Kier molecular flexibility index (Phi) is 7.11. The zero-order valence-corrected chi connectivity index (χ0v) is 17.1. The number of piperazine rings is 1. The number of carbonyl (C=O) groups excluding carboxylic acids is 1. The zero-order chi connectivity index (χ0) is 18.7. The van der Waals surface area contributed by atoms with E-state index < -0.39 is 10.0 Å². The van der Waals surface area contributed by atoms with Gasteiger partial charge in [-0.05, 0) is 43.3 Å². The first-order chi connectivity index (χ1) is 12.4. The Morgan fingerprint density at radius 3 is 2.48 bits per heavy atom. The van der Waals surface area contributed by atoms with E-state index in [0.717, 1.165) is 13.1 Å². The lowest BCUT2D eigenvalue weighted by Gasteiger charge is -2.34. The summed E-state index contributed by atoms with van der Waals surface area (Å²) in [6.07, 6.45) is 0. The molecule has 1 fully saturated rings. The Morgan fingerprint density at radius 1 is 1.19 bits per heavy atom. The molecule has 0 aromatic heterocycles. The number of para-hydroxylation sites is 1. The first kappa shape index (κ1) is 21.5. The van der Waals surface area contributed by atoms with Gasteiger partial charge in [-0.1, -0.05) is 23.7 Å². The molecule has 1 unspecified atom stereocenters. The lowest BCUT2D eigenvalue weighted by molar-refractivity contribution is 0.0655. The van der Waals surface area contributed by atoms with Gasteiger partial charge in [0.2, 0.25) is 0 Å². The second kappa shape index (κ2) is 8.93. The second-order valence-corrected chi connectivity index (χ2v) is 8.25. The van der Waals surface area contributed by atoms with Crippen LogP contribution in [0.15, 0.2) is 53.4 Å². The van der Waals surface area contributed by atoms with Gasteiger partial charge in [-0.25, -0.2) is 8.42 Å². The van der Waals surface area contributed by atoms with Crippen LogP contribution in [-0.2, 0) is 10.0 Å². The number of benzene rings is 2. The number of hydrogen-bond donors (Lipinski definition) is 2. The number of halogens is 2. The quantitative estimate of drug-likeness (QED) is 0.782. The molecule has 146 valence electrons. The largest absolute Gasteiger partial charge is 0.333 e. The number of hydrogen-bond acceptors (Lipinski definition) is 4. The topological polar surface area (TPSA) is 78.5 Å². The summed E-state index contributed by atoms with van der Waals surface area (Å²) >= 11 is 6.00. The van der Waals surface area contributed by atoms with Crippen LogP contribution in [-0.4, -0.2) is 44.9 Å². The molecule has 3 rings (SSSR count). The highest BCUT2D eigenvalue weighted by atomic mass is 35.5. The Balaban J connectivity index is 0.00000261. The van der Waals surface area contributed by atoms with Crippen LogP contribution in [0.5, 0.6) is 0 Å². The third-order valence-electron chi connectivity index (χ3n) is 4.29. The summed E-state index contributed by atoms with van der Waals surface area (Å²) in [6.45, 7) is 4.12. The zero-order valence-electron chi connectivity index (χ0n) is 14.7. The Bertz CT molecular complexity index is 904. The molecule has 2 aromatic rings. The minimum atomic E-state index is -3.78. The normalized spacial score (nSPS) is 17.1. The Morgan fingerprint density at radius 2 is 1.85 bits per heavy atom. The van der Waals surface area contributed by atoms with Crippen LogP contribution < -0.4 is 10.0 Å². The van der Waals surface area contributed by atoms with E-state index in [9.17, 15) is 13.2 Å². The van der Waals surface area contributed by atoms with E-state index in [0.29, 0.717) is 22.8 Å². The molecule has 0 radical (unpaired) electrons. The van der Waals surface area contributed by atoms with E-state index in [1.807, 2.05) is 6.92 Å². The minimum absolute atomic E-state index is 0. The predicted octanol–water partition coefficient (Wildman–Crippen LogP) is 3.00. The fourth-order valence-corrected chi connectivity index (χ4v) is 4.15. The van der Waals surface area contributed by atoms with Crippen molar-refractivity contribution in [2.24, 2.45) is 0 Å². The molecule has 1 amide bonds. The van der Waals surface area contributed by atoms with E-state index >= 15 is 0 Å². The SMILES string of the molecule is CC1CNCCN1C(=O)c1ccc(S(=O)(=O)Nc2ccccc2Cl)cc1.Cl. The molecule has 6 nitrogen and oxygen atoms in total. The molecule has 0 saturated carbocycles. The maximum Gasteiger partial charge on any atom is 0.261 e. The first-order valence-electron chi connectivity index (χ1n) is 8.27. The Labute approximate surface area is 170 Å². The summed E-state index contributed by atoms with van der Waals surface area (Å²) in [6, 6.07) is 12.6. The average molecular weight is 430 g/mol. The van der Waals surface area contributed by atoms with Crippen molar-refractivity contribution in [3.63, 3.8) is 0 Å². The summed E-state index contributed by atoms with van der Waals surface area (Å²) in [7, 11) is -3.78. The highest BCUT2D eigenvalue weighted by Crippen LogP contribution is 2.24. The number of sulfonamides is 1. The van der Waals surface area contributed by atoms with Crippen molar-refractivity contribution >= 4 is 45.6 Å². The fraction of sp³-hybridized carbons (Fsp3) is 0.278. The molecule has 0 aliphatic carbocycles. The van der Waals surface area contributed by atoms with Gasteiger partial charge in [0.15, 0.2) is 0 Å². The number of nitrogens with one attached hydrogen (secondary N) is 2. The number of rotatable bonds is 4. The van der Waals surface area contributed by atoms with Crippen molar-refractivity contribution in [2.75, 3.05) is 24.4 Å². The Hall–Kier alpha value is -1.80. The maximum absolute atomic E-state index is 12.6. The molecule has 2 aromatic carbocycles. The van der Waals surface area contributed by atoms with Crippen molar-refractivity contribution in [3.8, 4) is 0 Å². The van der Waals surface area contributed by atoms with E-state index in [4.69, 9.17) is 11.6 Å². The molecule has 9 heteroatoms. The van der Waals surface area contributed by atoms with Gasteiger partial charge in [-0.2, -0.15) is 0 Å². The van der Waals surface area contributed by atoms with Crippen LogP contribution in [0.2, 0.25) is 5.02 Å². The van der Waals surface area contributed by atoms with Crippen molar-refractivity contribution in [1.29, 1.82) is 0 Å². The summed E-state index contributed by atoms with van der Waals surface area (Å²) in [5.41, 5.74) is 0.777. The molecular formula is C18H21Cl2N3O3S. The highest BCUT2D eigenvalue weighted by Gasteiger charge is 2.24. The molecule has 1 aliphatic rings. The van der Waals surface area contributed by atoms with Gasteiger partial charge in [-0.3, -0.25) is 9.52 Å². The smallest absolute Gasteiger partial charge is 0.261 e. The van der Waals surface area contributed by atoms with Crippen LogP contribution in [0.3, 0.4) is 0 Å². The lowest BCUT2D eigenvalue weighted by Crippen LogP contribution is -2.52. The molecule has 1 atom stereocenters. The van der Waals surface area contributed by atoms with Crippen molar-refractivity contribution in [1.82, 2.24) is 10.2 Å². The minimum Gasteiger partial charge on any atom is -0.333 e. The number of anilines is 1. The molecule has 1 heterocycles. The van der Waals surface area contributed by atoms with Gasteiger partial charge in [0.25, 0.3) is 15.9 Å². The van der Waals surface area contributed by atoms with Gasteiger partial charge >= 0.3 is 0 Å². The number of nitrogens with zero attached hydrogens (tertiary/aromatic N) is 1. The monoisotopic (exact) mass is 429 g/mol. The van der Waals surface area contributed by atoms with Gasteiger partial charge < -0.3 is 10.2 Å². The first-order valence-corrected chi connectivity index (χ1v) is 10.1. The van der Waals surface area contributed by atoms with Gasteiger partial charge in [-0.15, -0.1) is 12.4 Å².